The van der Waals surface area contributed by atoms with E-state index >= 15 is 0 Å². The molecule has 1 aromatic heterocycles. The molecule has 0 spiro atoms. The average molecular weight is 286 g/mol. The number of carbonyl (C=O) groups excluding carboxylic acids is 2. The zero-order valence-electron chi connectivity index (χ0n) is 12.3. The molecule has 2 rings (SSSR count). The molecule has 0 bridgehead atoms. The van der Waals surface area contributed by atoms with E-state index < -0.39 is 5.97 Å². The summed E-state index contributed by atoms with van der Waals surface area (Å²) in [6.07, 6.45) is 0. The SMILES string of the molecule is COC(=O)CNC(=O)c1ccc(-n2c(C)ccc2C)cc1. The van der Waals surface area contributed by atoms with Crippen LogP contribution in [-0.2, 0) is 9.53 Å². The summed E-state index contributed by atoms with van der Waals surface area (Å²) in [7, 11) is 1.28. The van der Waals surface area contributed by atoms with Gasteiger partial charge < -0.3 is 14.6 Å². The number of nitrogens with one attached hydrogen (secondary N) is 1. The quantitative estimate of drug-likeness (QED) is 0.874. The summed E-state index contributed by atoms with van der Waals surface area (Å²) in [5, 5.41) is 2.51. The Hall–Kier alpha value is -2.56. The Morgan fingerprint density at radius 3 is 2.14 bits per heavy atom. The van der Waals surface area contributed by atoms with Crippen molar-refractivity contribution in [3.63, 3.8) is 0 Å². The molecule has 0 aliphatic carbocycles. The van der Waals surface area contributed by atoms with Gasteiger partial charge in [-0.3, -0.25) is 9.59 Å². The highest BCUT2D eigenvalue weighted by atomic mass is 16.5. The van der Waals surface area contributed by atoms with Crippen LogP contribution in [0.5, 0.6) is 0 Å². The van der Waals surface area contributed by atoms with Crippen LogP contribution in [0.25, 0.3) is 5.69 Å². The standard InChI is InChI=1S/C16H18N2O3/c1-11-4-5-12(2)18(11)14-8-6-13(7-9-14)16(20)17-10-15(19)21-3/h4-9H,10H2,1-3H3,(H,17,20). The molecular weight excluding hydrogens is 268 g/mol. The average Bonchev–Trinajstić information content (AvgIpc) is 2.83. The van der Waals surface area contributed by atoms with Crippen LogP contribution in [0.4, 0.5) is 0 Å². The molecule has 0 saturated carbocycles. The smallest absolute Gasteiger partial charge is 0.325 e. The minimum absolute atomic E-state index is 0.132. The van der Waals surface area contributed by atoms with Crippen molar-refractivity contribution in [2.24, 2.45) is 0 Å². The summed E-state index contributed by atoms with van der Waals surface area (Å²) in [6.45, 7) is 3.93. The van der Waals surface area contributed by atoms with Crippen molar-refractivity contribution in [3.05, 3.63) is 53.3 Å². The molecule has 1 aromatic carbocycles. The van der Waals surface area contributed by atoms with Crippen LogP contribution in [0.2, 0.25) is 0 Å². The van der Waals surface area contributed by atoms with Crippen LogP contribution in [0.1, 0.15) is 21.7 Å². The number of benzene rings is 1. The van der Waals surface area contributed by atoms with Gasteiger partial charge in [0.15, 0.2) is 0 Å². The summed E-state index contributed by atoms with van der Waals surface area (Å²) in [6, 6.07) is 11.3. The van der Waals surface area contributed by atoms with Gasteiger partial charge in [-0.05, 0) is 50.2 Å². The first-order chi connectivity index (χ1) is 10.0. The van der Waals surface area contributed by atoms with Gasteiger partial charge in [0, 0.05) is 22.6 Å². The molecule has 2 aromatic rings. The molecule has 0 aliphatic heterocycles. The van der Waals surface area contributed by atoms with Crippen molar-refractivity contribution in [3.8, 4) is 5.69 Å². The lowest BCUT2D eigenvalue weighted by molar-refractivity contribution is -0.139. The van der Waals surface area contributed by atoms with Crippen LogP contribution < -0.4 is 5.32 Å². The Balaban J connectivity index is 2.12. The van der Waals surface area contributed by atoms with Gasteiger partial charge >= 0.3 is 5.97 Å². The number of carbonyl (C=O) groups is 2. The lowest BCUT2D eigenvalue weighted by atomic mass is 10.2. The van der Waals surface area contributed by atoms with Crippen molar-refractivity contribution in [2.45, 2.75) is 13.8 Å². The van der Waals surface area contributed by atoms with Crippen LogP contribution in [0.3, 0.4) is 0 Å². The van der Waals surface area contributed by atoms with Crippen molar-refractivity contribution >= 4 is 11.9 Å². The Morgan fingerprint density at radius 2 is 1.62 bits per heavy atom. The van der Waals surface area contributed by atoms with E-state index in [-0.39, 0.29) is 12.5 Å². The fraction of sp³-hybridized carbons (Fsp3) is 0.250. The number of rotatable bonds is 4. The monoisotopic (exact) mass is 286 g/mol. The molecule has 5 heteroatoms. The third-order valence-corrected chi connectivity index (χ3v) is 3.28. The number of aromatic nitrogens is 1. The number of hydrogen-bond acceptors (Lipinski definition) is 3. The van der Waals surface area contributed by atoms with E-state index in [9.17, 15) is 9.59 Å². The van der Waals surface area contributed by atoms with Gasteiger partial charge in [0.05, 0.1) is 7.11 Å². The Labute approximate surface area is 123 Å². The zero-order valence-corrected chi connectivity index (χ0v) is 12.3. The van der Waals surface area contributed by atoms with Crippen molar-refractivity contribution in [2.75, 3.05) is 13.7 Å². The van der Waals surface area contributed by atoms with E-state index in [4.69, 9.17) is 0 Å². The van der Waals surface area contributed by atoms with Crippen LogP contribution >= 0.6 is 0 Å². The van der Waals surface area contributed by atoms with Gasteiger partial charge in [0.1, 0.15) is 6.54 Å². The second-order valence-corrected chi connectivity index (χ2v) is 4.76. The maximum atomic E-state index is 11.9. The molecule has 0 radical (unpaired) electrons. The molecule has 0 saturated heterocycles. The predicted octanol–water partition coefficient (Wildman–Crippen LogP) is 2.00. The highest BCUT2D eigenvalue weighted by molar-refractivity contribution is 5.96. The number of ether oxygens (including phenoxy) is 1. The van der Waals surface area contributed by atoms with Crippen LogP contribution in [0, 0.1) is 13.8 Å². The number of amides is 1. The maximum absolute atomic E-state index is 11.9. The molecule has 1 N–H and O–H groups in total. The second kappa shape index (κ2) is 6.26. The lowest BCUT2D eigenvalue weighted by Crippen LogP contribution is -2.30. The first-order valence-electron chi connectivity index (χ1n) is 6.63. The van der Waals surface area contributed by atoms with E-state index in [1.165, 1.54) is 7.11 Å². The Morgan fingerprint density at radius 1 is 1.05 bits per heavy atom. The predicted molar refractivity (Wildman–Crippen MR) is 79.6 cm³/mol. The van der Waals surface area contributed by atoms with Crippen molar-refractivity contribution in [1.29, 1.82) is 0 Å². The second-order valence-electron chi connectivity index (χ2n) is 4.76. The molecule has 21 heavy (non-hydrogen) atoms. The zero-order chi connectivity index (χ0) is 15.4. The summed E-state index contributed by atoms with van der Waals surface area (Å²) < 4.78 is 6.58. The fourth-order valence-electron chi connectivity index (χ4n) is 2.16. The molecule has 0 fully saturated rings. The van der Waals surface area contributed by atoms with E-state index in [0.29, 0.717) is 5.56 Å². The minimum atomic E-state index is -0.474. The normalized spacial score (nSPS) is 10.2. The van der Waals surface area contributed by atoms with E-state index in [1.54, 1.807) is 12.1 Å². The van der Waals surface area contributed by atoms with Gasteiger partial charge in [-0.25, -0.2) is 0 Å². The van der Waals surface area contributed by atoms with Gasteiger partial charge in [-0.15, -0.1) is 0 Å². The highest BCUT2D eigenvalue weighted by Crippen LogP contribution is 2.16. The third-order valence-electron chi connectivity index (χ3n) is 3.28. The largest absolute Gasteiger partial charge is 0.468 e. The van der Waals surface area contributed by atoms with E-state index in [0.717, 1.165) is 17.1 Å². The molecule has 0 atom stereocenters. The first kappa shape index (κ1) is 14.8. The molecule has 0 unspecified atom stereocenters. The Bertz CT molecular complexity index is 637. The van der Waals surface area contributed by atoms with E-state index in [1.807, 2.05) is 38.1 Å². The maximum Gasteiger partial charge on any atom is 0.325 e. The fourth-order valence-corrected chi connectivity index (χ4v) is 2.16. The summed E-state index contributed by atoms with van der Waals surface area (Å²) in [5.41, 5.74) is 3.77. The number of esters is 1. The first-order valence-corrected chi connectivity index (χ1v) is 6.63. The van der Waals surface area contributed by atoms with Crippen LogP contribution in [0.15, 0.2) is 36.4 Å². The number of nitrogens with zero attached hydrogens (tertiary/aromatic N) is 1. The van der Waals surface area contributed by atoms with Gasteiger partial charge in [-0.2, -0.15) is 0 Å². The minimum Gasteiger partial charge on any atom is -0.468 e. The molecule has 0 aliphatic rings. The van der Waals surface area contributed by atoms with Crippen LogP contribution in [-0.4, -0.2) is 30.1 Å². The number of aryl methyl sites for hydroxylation is 2. The van der Waals surface area contributed by atoms with Gasteiger partial charge in [0.25, 0.3) is 5.91 Å². The number of methoxy groups -OCH3 is 1. The summed E-state index contributed by atoms with van der Waals surface area (Å²) in [4.78, 5) is 22.9. The summed E-state index contributed by atoms with van der Waals surface area (Å²) in [5.74, 6) is -0.772. The third kappa shape index (κ3) is 3.31. The lowest BCUT2D eigenvalue weighted by Gasteiger charge is -2.10. The molecule has 1 amide bonds. The van der Waals surface area contributed by atoms with Crippen molar-refractivity contribution in [1.82, 2.24) is 9.88 Å². The topological polar surface area (TPSA) is 60.3 Å². The summed E-state index contributed by atoms with van der Waals surface area (Å²) >= 11 is 0. The highest BCUT2D eigenvalue weighted by Gasteiger charge is 2.09. The number of hydrogen-bond donors (Lipinski definition) is 1. The van der Waals surface area contributed by atoms with Gasteiger partial charge in [-0.1, -0.05) is 0 Å². The van der Waals surface area contributed by atoms with E-state index in [2.05, 4.69) is 14.6 Å². The molecule has 5 nitrogen and oxygen atoms in total. The molecule has 110 valence electrons. The molecule has 1 heterocycles. The van der Waals surface area contributed by atoms with Crippen molar-refractivity contribution < 1.29 is 14.3 Å². The molecular formula is C16H18N2O3. The van der Waals surface area contributed by atoms with Gasteiger partial charge in [0.2, 0.25) is 0 Å². The Kier molecular flexibility index (Phi) is 4.42.